The van der Waals surface area contributed by atoms with Crippen molar-refractivity contribution in [1.82, 2.24) is 4.98 Å². The van der Waals surface area contributed by atoms with E-state index in [0.29, 0.717) is 5.92 Å². The van der Waals surface area contributed by atoms with Gasteiger partial charge in [0.1, 0.15) is 0 Å². The zero-order chi connectivity index (χ0) is 6.97. The Hall–Kier alpha value is -0.850. The fourth-order valence-electron chi connectivity index (χ4n) is 1.61. The van der Waals surface area contributed by atoms with Gasteiger partial charge in [-0.1, -0.05) is 13.0 Å². The molecule has 1 nitrogen and oxygen atoms in total. The Morgan fingerprint density at radius 2 is 2.50 bits per heavy atom. The molecular formula is C9H11N. The SMILES string of the molecule is C[C@H]1CCc2cccnc21. The molecule has 0 aromatic carbocycles. The first-order valence-electron chi connectivity index (χ1n) is 3.81. The highest BCUT2D eigenvalue weighted by Gasteiger charge is 2.18. The number of pyridine rings is 1. The van der Waals surface area contributed by atoms with Gasteiger partial charge in [0.15, 0.2) is 0 Å². The van der Waals surface area contributed by atoms with Crippen LogP contribution in [-0.2, 0) is 6.42 Å². The molecule has 0 amide bonds. The standard InChI is InChI=1S/C9H11N/c1-7-4-5-8-3-2-6-10-9(7)8/h2-3,6-7H,4-5H2,1H3/t7-/m0/s1. The molecular weight excluding hydrogens is 122 g/mol. The number of aryl methyl sites for hydroxylation is 1. The molecule has 10 heavy (non-hydrogen) atoms. The van der Waals surface area contributed by atoms with Crippen molar-refractivity contribution in [3.05, 3.63) is 29.6 Å². The molecule has 1 heteroatoms. The number of nitrogens with zero attached hydrogens (tertiary/aromatic N) is 1. The van der Waals surface area contributed by atoms with Crippen LogP contribution in [0.1, 0.15) is 30.5 Å². The van der Waals surface area contributed by atoms with Crippen molar-refractivity contribution >= 4 is 0 Å². The molecule has 0 radical (unpaired) electrons. The van der Waals surface area contributed by atoms with Crippen molar-refractivity contribution in [3.8, 4) is 0 Å². The lowest BCUT2D eigenvalue weighted by Crippen LogP contribution is -1.89. The minimum Gasteiger partial charge on any atom is -0.261 e. The van der Waals surface area contributed by atoms with Crippen LogP contribution in [0.4, 0.5) is 0 Å². The molecule has 52 valence electrons. The summed E-state index contributed by atoms with van der Waals surface area (Å²) in [5.74, 6) is 0.691. The Balaban J connectivity index is 2.51. The largest absolute Gasteiger partial charge is 0.261 e. The molecule has 1 heterocycles. The zero-order valence-corrected chi connectivity index (χ0v) is 6.17. The molecule has 0 fully saturated rings. The Kier molecular flexibility index (Phi) is 1.23. The van der Waals surface area contributed by atoms with E-state index in [2.05, 4.69) is 18.0 Å². The van der Waals surface area contributed by atoms with Crippen LogP contribution in [0.15, 0.2) is 18.3 Å². The third-order valence-corrected chi connectivity index (χ3v) is 2.24. The fraction of sp³-hybridized carbons (Fsp3) is 0.444. The van der Waals surface area contributed by atoms with Crippen LogP contribution in [0.25, 0.3) is 0 Å². The van der Waals surface area contributed by atoms with Crippen LogP contribution in [0, 0.1) is 0 Å². The lowest BCUT2D eigenvalue weighted by Gasteiger charge is -1.99. The van der Waals surface area contributed by atoms with Crippen LogP contribution in [0.5, 0.6) is 0 Å². The Morgan fingerprint density at radius 1 is 1.60 bits per heavy atom. The van der Waals surface area contributed by atoms with Gasteiger partial charge < -0.3 is 0 Å². The lowest BCUT2D eigenvalue weighted by atomic mass is 10.1. The maximum Gasteiger partial charge on any atom is 0.0463 e. The maximum absolute atomic E-state index is 4.34. The second-order valence-electron chi connectivity index (χ2n) is 2.99. The van der Waals surface area contributed by atoms with Crippen LogP contribution >= 0.6 is 0 Å². The van der Waals surface area contributed by atoms with E-state index >= 15 is 0 Å². The van der Waals surface area contributed by atoms with E-state index in [1.807, 2.05) is 12.3 Å². The number of rotatable bonds is 0. The Labute approximate surface area is 61.1 Å². The van der Waals surface area contributed by atoms with Gasteiger partial charge in [-0.05, 0) is 30.4 Å². The van der Waals surface area contributed by atoms with Gasteiger partial charge in [-0.25, -0.2) is 0 Å². The quantitative estimate of drug-likeness (QED) is 0.528. The molecule has 2 rings (SSSR count). The van der Waals surface area contributed by atoms with Crippen molar-refractivity contribution in [2.24, 2.45) is 0 Å². The predicted molar refractivity (Wildman–Crippen MR) is 41.0 cm³/mol. The van der Waals surface area contributed by atoms with Crippen LogP contribution in [0.3, 0.4) is 0 Å². The molecule has 1 atom stereocenters. The average molecular weight is 133 g/mol. The van der Waals surface area contributed by atoms with Crippen LogP contribution in [-0.4, -0.2) is 4.98 Å². The molecule has 1 aliphatic carbocycles. The molecule has 1 aromatic rings. The lowest BCUT2D eigenvalue weighted by molar-refractivity contribution is 0.731. The third kappa shape index (κ3) is 0.737. The van der Waals surface area contributed by atoms with Crippen LogP contribution in [0.2, 0.25) is 0 Å². The van der Waals surface area contributed by atoms with E-state index in [1.54, 1.807) is 0 Å². The van der Waals surface area contributed by atoms with E-state index in [-0.39, 0.29) is 0 Å². The zero-order valence-electron chi connectivity index (χ0n) is 6.17. The van der Waals surface area contributed by atoms with Crippen molar-refractivity contribution in [2.75, 3.05) is 0 Å². The summed E-state index contributed by atoms with van der Waals surface area (Å²) in [5, 5.41) is 0. The summed E-state index contributed by atoms with van der Waals surface area (Å²) in [7, 11) is 0. The average Bonchev–Trinajstić information content (AvgIpc) is 2.34. The first-order chi connectivity index (χ1) is 4.88. The number of aromatic nitrogens is 1. The number of hydrogen-bond acceptors (Lipinski definition) is 1. The molecule has 1 aliphatic rings. The Morgan fingerprint density at radius 3 is 3.30 bits per heavy atom. The van der Waals surface area contributed by atoms with Gasteiger partial charge in [0.25, 0.3) is 0 Å². The van der Waals surface area contributed by atoms with Crippen molar-refractivity contribution in [1.29, 1.82) is 0 Å². The van der Waals surface area contributed by atoms with Gasteiger partial charge in [-0.15, -0.1) is 0 Å². The molecule has 0 bridgehead atoms. The summed E-state index contributed by atoms with van der Waals surface area (Å²) >= 11 is 0. The van der Waals surface area contributed by atoms with E-state index in [9.17, 15) is 0 Å². The fourth-order valence-corrected chi connectivity index (χ4v) is 1.61. The highest BCUT2D eigenvalue weighted by atomic mass is 14.7. The third-order valence-electron chi connectivity index (χ3n) is 2.24. The van der Waals surface area contributed by atoms with Gasteiger partial charge in [0.05, 0.1) is 0 Å². The van der Waals surface area contributed by atoms with Gasteiger partial charge in [0.2, 0.25) is 0 Å². The summed E-state index contributed by atoms with van der Waals surface area (Å²) in [6.07, 6.45) is 4.40. The van der Waals surface area contributed by atoms with Gasteiger partial charge in [-0.3, -0.25) is 4.98 Å². The summed E-state index contributed by atoms with van der Waals surface area (Å²) in [6.45, 7) is 2.25. The molecule has 0 N–H and O–H groups in total. The topological polar surface area (TPSA) is 12.9 Å². The number of fused-ring (bicyclic) bond motifs is 1. The van der Waals surface area contributed by atoms with Gasteiger partial charge in [-0.2, -0.15) is 0 Å². The van der Waals surface area contributed by atoms with E-state index in [0.717, 1.165) is 0 Å². The summed E-state index contributed by atoms with van der Waals surface area (Å²) in [6, 6.07) is 4.21. The van der Waals surface area contributed by atoms with Crippen molar-refractivity contribution in [2.45, 2.75) is 25.7 Å². The second kappa shape index (κ2) is 2.08. The first kappa shape index (κ1) is 5.90. The van der Waals surface area contributed by atoms with E-state index < -0.39 is 0 Å². The Bertz CT molecular complexity index is 242. The molecule has 0 saturated heterocycles. The highest BCUT2D eigenvalue weighted by Crippen LogP contribution is 2.29. The van der Waals surface area contributed by atoms with E-state index in [1.165, 1.54) is 24.1 Å². The normalized spacial score (nSPS) is 22.7. The van der Waals surface area contributed by atoms with Crippen molar-refractivity contribution < 1.29 is 0 Å². The predicted octanol–water partition coefficient (Wildman–Crippen LogP) is 2.13. The summed E-state index contributed by atoms with van der Waals surface area (Å²) in [5.41, 5.74) is 2.78. The maximum atomic E-state index is 4.34. The number of hydrogen-bond donors (Lipinski definition) is 0. The smallest absolute Gasteiger partial charge is 0.0463 e. The summed E-state index contributed by atoms with van der Waals surface area (Å²) in [4.78, 5) is 4.34. The monoisotopic (exact) mass is 133 g/mol. The van der Waals surface area contributed by atoms with Gasteiger partial charge >= 0.3 is 0 Å². The minimum atomic E-state index is 0.691. The second-order valence-corrected chi connectivity index (χ2v) is 2.99. The van der Waals surface area contributed by atoms with Gasteiger partial charge in [0, 0.05) is 11.9 Å². The van der Waals surface area contributed by atoms with Crippen molar-refractivity contribution in [3.63, 3.8) is 0 Å². The molecule has 0 saturated carbocycles. The highest BCUT2D eigenvalue weighted by molar-refractivity contribution is 5.27. The van der Waals surface area contributed by atoms with Crippen LogP contribution < -0.4 is 0 Å². The molecule has 1 aromatic heterocycles. The molecule has 0 unspecified atom stereocenters. The molecule has 0 spiro atoms. The molecule has 0 aliphatic heterocycles. The minimum absolute atomic E-state index is 0.691. The van der Waals surface area contributed by atoms with E-state index in [4.69, 9.17) is 0 Å². The summed E-state index contributed by atoms with van der Waals surface area (Å²) < 4.78 is 0. The first-order valence-corrected chi connectivity index (χ1v) is 3.81.